The molecule has 1 aliphatic heterocycles. The fraction of sp³-hybridized carbons (Fsp3) is 0.647. The van der Waals surface area contributed by atoms with Gasteiger partial charge in [-0.05, 0) is 18.4 Å². The van der Waals surface area contributed by atoms with Gasteiger partial charge in [0.2, 0.25) is 0 Å². The first kappa shape index (κ1) is 14.1. The second kappa shape index (κ2) is 6.70. The maximum absolute atomic E-state index is 10.8. The van der Waals surface area contributed by atoms with Crippen molar-refractivity contribution in [2.24, 2.45) is 5.92 Å². The summed E-state index contributed by atoms with van der Waals surface area (Å²) in [5.74, 6) is 0.365. The molecule has 0 radical (unpaired) electrons. The Kier molecular flexibility index (Phi) is 4.71. The first-order valence-electron chi connectivity index (χ1n) is 7.91. The number of morpholine rings is 1. The predicted molar refractivity (Wildman–Crippen MR) is 79.5 cm³/mol. The third-order valence-corrected chi connectivity index (χ3v) is 4.84. The Morgan fingerprint density at radius 2 is 1.75 bits per heavy atom. The molecule has 1 aliphatic carbocycles. The first-order chi connectivity index (χ1) is 9.86. The molecule has 1 heterocycles. The zero-order valence-electron chi connectivity index (χ0n) is 12.1. The van der Waals surface area contributed by atoms with E-state index in [0.717, 1.165) is 38.3 Å². The summed E-state index contributed by atoms with van der Waals surface area (Å²) in [5, 5.41) is 10.8. The number of nitrogens with zero attached hydrogens (tertiary/aromatic N) is 1. The highest BCUT2D eigenvalue weighted by atomic mass is 16.5. The van der Waals surface area contributed by atoms with Gasteiger partial charge in [-0.1, -0.05) is 43.2 Å². The van der Waals surface area contributed by atoms with Crippen LogP contribution in [0.2, 0.25) is 0 Å². The third kappa shape index (κ3) is 3.05. The highest BCUT2D eigenvalue weighted by molar-refractivity contribution is 5.18. The van der Waals surface area contributed by atoms with E-state index in [2.05, 4.69) is 17.0 Å². The Bertz CT molecular complexity index is 403. The minimum Gasteiger partial charge on any atom is -0.388 e. The molecule has 0 spiro atoms. The lowest BCUT2D eigenvalue weighted by molar-refractivity contribution is -0.0372. The summed E-state index contributed by atoms with van der Waals surface area (Å²) in [6.07, 6.45) is 4.56. The molecule has 3 nitrogen and oxygen atoms in total. The van der Waals surface area contributed by atoms with Gasteiger partial charge in [0.25, 0.3) is 0 Å². The monoisotopic (exact) mass is 275 g/mol. The van der Waals surface area contributed by atoms with E-state index in [1.54, 1.807) is 0 Å². The summed E-state index contributed by atoms with van der Waals surface area (Å²) >= 11 is 0. The van der Waals surface area contributed by atoms with Crippen molar-refractivity contribution in [1.82, 2.24) is 4.90 Å². The van der Waals surface area contributed by atoms with E-state index in [1.165, 1.54) is 19.3 Å². The lowest BCUT2D eigenvalue weighted by Gasteiger charge is -2.43. The van der Waals surface area contributed by atoms with E-state index < -0.39 is 0 Å². The summed E-state index contributed by atoms with van der Waals surface area (Å²) < 4.78 is 5.47. The number of aliphatic hydroxyl groups excluding tert-OH is 1. The van der Waals surface area contributed by atoms with Crippen molar-refractivity contribution in [1.29, 1.82) is 0 Å². The van der Waals surface area contributed by atoms with Crippen molar-refractivity contribution >= 4 is 0 Å². The highest BCUT2D eigenvalue weighted by Crippen LogP contribution is 2.37. The van der Waals surface area contributed by atoms with Gasteiger partial charge < -0.3 is 9.84 Å². The molecule has 3 atom stereocenters. The Labute approximate surface area is 121 Å². The summed E-state index contributed by atoms with van der Waals surface area (Å²) in [4.78, 5) is 2.54. The molecule has 0 unspecified atom stereocenters. The number of hydrogen-bond donors (Lipinski definition) is 1. The number of hydrogen-bond acceptors (Lipinski definition) is 3. The molecule has 110 valence electrons. The molecular weight excluding hydrogens is 250 g/mol. The molecule has 1 aromatic carbocycles. The van der Waals surface area contributed by atoms with Crippen LogP contribution in [-0.2, 0) is 4.74 Å². The van der Waals surface area contributed by atoms with Gasteiger partial charge in [-0.15, -0.1) is 0 Å². The average Bonchev–Trinajstić information content (AvgIpc) is 2.56. The fourth-order valence-electron chi connectivity index (χ4n) is 3.77. The van der Waals surface area contributed by atoms with Crippen LogP contribution in [0.5, 0.6) is 0 Å². The van der Waals surface area contributed by atoms with Gasteiger partial charge in [0.1, 0.15) is 0 Å². The van der Waals surface area contributed by atoms with E-state index in [4.69, 9.17) is 4.74 Å². The number of benzene rings is 1. The lowest BCUT2D eigenvalue weighted by atomic mass is 9.78. The van der Waals surface area contributed by atoms with E-state index in [1.807, 2.05) is 18.2 Å². The van der Waals surface area contributed by atoms with Crippen molar-refractivity contribution in [3.8, 4) is 0 Å². The topological polar surface area (TPSA) is 32.7 Å². The lowest BCUT2D eigenvalue weighted by Crippen LogP contribution is -2.49. The van der Waals surface area contributed by atoms with Crippen LogP contribution in [0.4, 0.5) is 0 Å². The SMILES string of the molecule is O[C@H](c1ccccc1)[C@@H]1CCCC[C@@H]1N1CCOCC1. The van der Waals surface area contributed by atoms with Gasteiger partial charge in [-0.2, -0.15) is 0 Å². The van der Waals surface area contributed by atoms with Gasteiger partial charge in [0.15, 0.2) is 0 Å². The van der Waals surface area contributed by atoms with Crippen molar-refractivity contribution < 1.29 is 9.84 Å². The van der Waals surface area contributed by atoms with Crippen LogP contribution >= 0.6 is 0 Å². The van der Waals surface area contributed by atoms with Crippen LogP contribution in [0.25, 0.3) is 0 Å². The fourth-order valence-corrected chi connectivity index (χ4v) is 3.77. The molecule has 3 heteroatoms. The molecule has 3 rings (SSSR count). The largest absolute Gasteiger partial charge is 0.388 e. The molecule has 0 amide bonds. The van der Waals surface area contributed by atoms with Crippen molar-refractivity contribution in [2.45, 2.75) is 37.8 Å². The van der Waals surface area contributed by atoms with Crippen molar-refractivity contribution in [3.63, 3.8) is 0 Å². The second-order valence-electron chi connectivity index (χ2n) is 6.02. The molecule has 2 aliphatic rings. The molecule has 1 saturated carbocycles. The van der Waals surface area contributed by atoms with Crippen molar-refractivity contribution in [2.75, 3.05) is 26.3 Å². The maximum Gasteiger partial charge on any atom is 0.0833 e. The van der Waals surface area contributed by atoms with Gasteiger partial charge in [0.05, 0.1) is 19.3 Å². The molecular formula is C17H25NO2. The van der Waals surface area contributed by atoms with Crippen molar-refractivity contribution in [3.05, 3.63) is 35.9 Å². The zero-order valence-corrected chi connectivity index (χ0v) is 12.1. The van der Waals surface area contributed by atoms with E-state index in [9.17, 15) is 5.11 Å². The van der Waals surface area contributed by atoms with E-state index >= 15 is 0 Å². The normalized spacial score (nSPS) is 30.1. The third-order valence-electron chi connectivity index (χ3n) is 4.84. The minimum absolute atomic E-state index is 0.329. The van der Waals surface area contributed by atoms with E-state index in [0.29, 0.717) is 12.0 Å². The summed E-state index contributed by atoms with van der Waals surface area (Å²) in [6.45, 7) is 3.71. The Morgan fingerprint density at radius 1 is 1.05 bits per heavy atom. The second-order valence-corrected chi connectivity index (χ2v) is 6.02. The van der Waals surface area contributed by atoms with Crippen LogP contribution in [-0.4, -0.2) is 42.4 Å². The number of rotatable bonds is 3. The van der Waals surface area contributed by atoms with Crippen LogP contribution in [0.15, 0.2) is 30.3 Å². The Balaban J connectivity index is 1.74. The number of aliphatic hydroxyl groups is 1. The van der Waals surface area contributed by atoms with Crippen LogP contribution in [0.1, 0.15) is 37.4 Å². The maximum atomic E-state index is 10.8. The predicted octanol–water partition coefficient (Wildman–Crippen LogP) is 2.61. The zero-order chi connectivity index (χ0) is 13.8. The standard InChI is InChI=1S/C17H25NO2/c19-17(14-6-2-1-3-7-14)15-8-4-5-9-16(15)18-10-12-20-13-11-18/h1-3,6-7,15-17,19H,4-5,8-13H2/t15-,16+,17-/m1/s1. The van der Waals surface area contributed by atoms with Gasteiger partial charge in [0, 0.05) is 25.0 Å². The molecule has 1 saturated heterocycles. The van der Waals surface area contributed by atoms with Crippen LogP contribution < -0.4 is 0 Å². The first-order valence-corrected chi connectivity index (χ1v) is 7.91. The molecule has 0 bridgehead atoms. The van der Waals surface area contributed by atoms with Crippen LogP contribution in [0.3, 0.4) is 0 Å². The molecule has 2 fully saturated rings. The Hall–Kier alpha value is -0.900. The van der Waals surface area contributed by atoms with Gasteiger partial charge >= 0.3 is 0 Å². The quantitative estimate of drug-likeness (QED) is 0.920. The summed E-state index contributed by atoms with van der Waals surface area (Å²) in [7, 11) is 0. The van der Waals surface area contributed by atoms with Crippen LogP contribution in [0, 0.1) is 5.92 Å². The average molecular weight is 275 g/mol. The molecule has 1 N–H and O–H groups in total. The summed E-state index contributed by atoms with van der Waals surface area (Å²) in [5.41, 5.74) is 1.07. The minimum atomic E-state index is -0.329. The van der Waals surface area contributed by atoms with Gasteiger partial charge in [-0.25, -0.2) is 0 Å². The van der Waals surface area contributed by atoms with Gasteiger partial charge in [-0.3, -0.25) is 4.90 Å². The van der Waals surface area contributed by atoms with E-state index in [-0.39, 0.29) is 6.10 Å². The molecule has 0 aromatic heterocycles. The molecule has 1 aromatic rings. The Morgan fingerprint density at radius 3 is 2.50 bits per heavy atom. The smallest absolute Gasteiger partial charge is 0.0833 e. The molecule has 20 heavy (non-hydrogen) atoms. The number of ether oxygens (including phenoxy) is 1. The summed E-state index contributed by atoms with van der Waals surface area (Å²) in [6, 6.07) is 10.7. The highest BCUT2D eigenvalue weighted by Gasteiger charge is 2.35.